The lowest BCUT2D eigenvalue weighted by Gasteiger charge is -2.38. The number of hydrogen-bond donors (Lipinski definition) is 0. The van der Waals surface area contributed by atoms with Crippen LogP contribution in [0.25, 0.3) is 0 Å². The minimum Gasteiger partial charge on any atom is -0.453 e. The van der Waals surface area contributed by atoms with Gasteiger partial charge in [0.25, 0.3) is 0 Å². The highest BCUT2D eigenvalue weighted by Crippen LogP contribution is 2.51. The number of fused-ring (bicyclic) bond motifs is 2. The van der Waals surface area contributed by atoms with Crippen LogP contribution in [0.1, 0.15) is 11.1 Å². The molecule has 2 aromatic rings. The lowest BCUT2D eigenvalue weighted by molar-refractivity contribution is -0.138. The summed E-state index contributed by atoms with van der Waals surface area (Å²) in [5, 5.41) is 0. The van der Waals surface area contributed by atoms with Crippen molar-refractivity contribution in [2.24, 2.45) is 0 Å². The largest absolute Gasteiger partial charge is 0.453 e. The van der Waals surface area contributed by atoms with Gasteiger partial charge in [0, 0.05) is 11.5 Å². The molecule has 0 unspecified atom stereocenters. The van der Waals surface area contributed by atoms with E-state index in [1.165, 1.54) is 12.1 Å². The van der Waals surface area contributed by atoms with Crippen molar-refractivity contribution < 1.29 is 31.1 Å². The molecule has 0 aromatic heterocycles. The molecule has 2 aliphatic rings. The molecular weight excluding hydrogens is 404 g/mol. The maximum Gasteiger partial charge on any atom is 0.416 e. The number of rotatable bonds is 1. The molecule has 1 atom stereocenters. The zero-order valence-corrected chi connectivity index (χ0v) is 15.0. The smallest absolute Gasteiger partial charge is 0.416 e. The van der Waals surface area contributed by atoms with E-state index in [-0.39, 0.29) is 17.5 Å². The normalized spacial score (nSPS) is 19.1. The summed E-state index contributed by atoms with van der Waals surface area (Å²) in [6.07, 6.45) is -5.33. The number of nitrogens with zero attached hydrogens (tertiary/aromatic N) is 1. The Hall–Kier alpha value is -2.29. The molecule has 0 fully saturated rings. The number of hydrogen-bond acceptors (Lipinski definition) is 3. The quantitative estimate of drug-likeness (QED) is 0.381. The first-order valence-corrected chi connectivity index (χ1v) is 9.44. The van der Waals surface area contributed by atoms with E-state index >= 15 is 0 Å². The first kappa shape index (κ1) is 19.0. The third kappa shape index (κ3) is 3.43. The molecule has 2 aromatic carbocycles. The number of anilines is 2. The van der Waals surface area contributed by atoms with Crippen molar-refractivity contribution in [1.82, 2.24) is 0 Å². The Morgan fingerprint density at radius 2 is 1.39 bits per heavy atom. The van der Waals surface area contributed by atoms with Gasteiger partial charge >= 0.3 is 12.4 Å². The molecule has 2 nitrogen and oxygen atoms in total. The van der Waals surface area contributed by atoms with Gasteiger partial charge in [-0.3, -0.25) is 0 Å². The number of benzene rings is 2. The van der Waals surface area contributed by atoms with Crippen molar-refractivity contribution in [2.75, 3.05) is 16.4 Å². The lowest BCUT2D eigenvalue weighted by Crippen LogP contribution is -2.35. The van der Waals surface area contributed by atoms with Gasteiger partial charge in [0.05, 0.1) is 28.5 Å². The molecular formula is C19H13F6NOS. The van der Waals surface area contributed by atoms with E-state index in [4.69, 9.17) is 4.74 Å². The highest BCUT2D eigenvalue weighted by atomic mass is 32.2. The molecule has 0 spiro atoms. The molecule has 4 rings (SSSR count). The van der Waals surface area contributed by atoms with E-state index in [1.807, 2.05) is 12.2 Å². The van der Waals surface area contributed by atoms with Gasteiger partial charge in [0.1, 0.15) is 0 Å². The number of thioether (sulfide) groups is 1. The minimum atomic E-state index is -4.59. The Bertz CT molecular complexity index is 873. The van der Waals surface area contributed by atoms with E-state index in [1.54, 1.807) is 16.7 Å². The minimum absolute atomic E-state index is 0.120. The van der Waals surface area contributed by atoms with E-state index in [0.717, 1.165) is 30.0 Å². The third-order valence-corrected chi connectivity index (χ3v) is 5.51. The zero-order valence-electron chi connectivity index (χ0n) is 14.1. The summed E-state index contributed by atoms with van der Waals surface area (Å²) in [5.74, 6) is 1.22. The van der Waals surface area contributed by atoms with Crippen LogP contribution in [0.2, 0.25) is 0 Å². The number of ether oxygens (including phenoxy) is 1. The molecule has 0 amide bonds. The summed E-state index contributed by atoms with van der Waals surface area (Å²) in [4.78, 5) is 1.73. The fraction of sp³-hybridized carbons (Fsp3) is 0.263. The second-order valence-corrected chi connectivity index (χ2v) is 7.44. The van der Waals surface area contributed by atoms with Gasteiger partial charge < -0.3 is 9.64 Å². The third-order valence-electron chi connectivity index (χ3n) is 4.51. The van der Waals surface area contributed by atoms with E-state index < -0.39 is 23.5 Å². The van der Waals surface area contributed by atoms with Crippen LogP contribution in [-0.4, -0.2) is 17.5 Å². The van der Waals surface area contributed by atoms with Crippen molar-refractivity contribution in [3.63, 3.8) is 0 Å². The van der Waals surface area contributed by atoms with Crippen LogP contribution in [-0.2, 0) is 12.4 Å². The van der Waals surface area contributed by atoms with Crippen LogP contribution < -0.4 is 9.64 Å². The summed E-state index contributed by atoms with van der Waals surface area (Å²) >= 11 is 1.63. The molecule has 0 bridgehead atoms. The topological polar surface area (TPSA) is 12.5 Å². The molecule has 2 aliphatic heterocycles. The monoisotopic (exact) mass is 417 g/mol. The Balaban J connectivity index is 1.86. The van der Waals surface area contributed by atoms with Gasteiger partial charge in [-0.05, 0) is 36.4 Å². The van der Waals surface area contributed by atoms with Crippen LogP contribution >= 0.6 is 11.8 Å². The highest BCUT2D eigenvalue weighted by Gasteiger charge is 2.37. The molecule has 0 aliphatic carbocycles. The number of halogens is 6. The second-order valence-electron chi connectivity index (χ2n) is 6.37. The molecule has 9 heteroatoms. The van der Waals surface area contributed by atoms with Crippen LogP contribution in [0.3, 0.4) is 0 Å². The fourth-order valence-corrected chi connectivity index (χ4v) is 4.12. The van der Waals surface area contributed by atoms with Gasteiger partial charge in [0.2, 0.25) is 0 Å². The summed E-state index contributed by atoms with van der Waals surface area (Å²) in [5.41, 5.74) is -1.07. The summed E-state index contributed by atoms with van der Waals surface area (Å²) < 4.78 is 84.1. The Labute approximate surface area is 160 Å². The summed E-state index contributed by atoms with van der Waals surface area (Å²) in [6.45, 7) is 0. The molecule has 0 radical (unpaired) electrons. The SMILES string of the molecule is FC(F)(F)c1ccc2c(c1)Oc1cc(C(F)(F)F)ccc1N2[C@@H]1C=CCSC1. The van der Waals surface area contributed by atoms with Crippen molar-refractivity contribution in [1.29, 1.82) is 0 Å². The first-order chi connectivity index (χ1) is 13.1. The van der Waals surface area contributed by atoms with Crippen LogP contribution in [0.5, 0.6) is 11.5 Å². The maximum absolute atomic E-state index is 13.1. The van der Waals surface area contributed by atoms with Gasteiger partial charge in [-0.25, -0.2) is 0 Å². The van der Waals surface area contributed by atoms with Gasteiger partial charge in [-0.2, -0.15) is 38.1 Å². The van der Waals surface area contributed by atoms with Crippen LogP contribution in [0, 0.1) is 0 Å². The first-order valence-electron chi connectivity index (χ1n) is 8.28. The van der Waals surface area contributed by atoms with E-state index in [9.17, 15) is 26.3 Å². The molecule has 28 heavy (non-hydrogen) atoms. The van der Waals surface area contributed by atoms with Crippen molar-refractivity contribution >= 4 is 23.1 Å². The van der Waals surface area contributed by atoms with Crippen molar-refractivity contribution in [2.45, 2.75) is 18.4 Å². The predicted octanol–water partition coefficient (Wildman–Crippen LogP) is 6.64. The summed E-state index contributed by atoms with van der Waals surface area (Å²) in [7, 11) is 0. The zero-order chi connectivity index (χ0) is 20.1. The number of alkyl halides is 6. The van der Waals surface area contributed by atoms with Gasteiger partial charge in [0.15, 0.2) is 11.5 Å². The van der Waals surface area contributed by atoms with Gasteiger partial charge in [-0.15, -0.1) is 0 Å². The average Bonchev–Trinajstić information content (AvgIpc) is 2.64. The standard InChI is InChI=1S/C19H13F6NOS/c20-18(21,22)11-3-5-14-16(8-11)27-17-9-12(19(23,24)25)4-6-15(17)26(14)13-2-1-7-28-10-13/h1-6,8-9,13H,7,10H2/t13-/m1/s1. The Morgan fingerprint density at radius 1 is 0.857 bits per heavy atom. The highest BCUT2D eigenvalue weighted by molar-refractivity contribution is 7.99. The molecule has 0 N–H and O–H groups in total. The van der Waals surface area contributed by atoms with Crippen LogP contribution in [0.4, 0.5) is 37.7 Å². The fourth-order valence-electron chi connectivity index (χ4n) is 3.23. The maximum atomic E-state index is 13.1. The Kier molecular flexibility index (Phi) is 4.52. The average molecular weight is 417 g/mol. The van der Waals surface area contributed by atoms with Crippen molar-refractivity contribution in [3.8, 4) is 11.5 Å². The van der Waals surface area contributed by atoms with E-state index in [0.29, 0.717) is 17.1 Å². The van der Waals surface area contributed by atoms with Crippen LogP contribution in [0.15, 0.2) is 48.6 Å². The predicted molar refractivity (Wildman–Crippen MR) is 95.4 cm³/mol. The van der Waals surface area contributed by atoms with Crippen molar-refractivity contribution in [3.05, 3.63) is 59.7 Å². The Morgan fingerprint density at radius 3 is 1.82 bits per heavy atom. The second kappa shape index (κ2) is 6.65. The van der Waals surface area contributed by atoms with E-state index in [2.05, 4.69) is 0 Å². The lowest BCUT2D eigenvalue weighted by atomic mass is 10.1. The summed E-state index contributed by atoms with van der Waals surface area (Å²) in [6, 6.07) is 5.93. The molecule has 0 saturated carbocycles. The molecule has 2 heterocycles. The van der Waals surface area contributed by atoms with Gasteiger partial charge in [-0.1, -0.05) is 12.2 Å². The molecule has 0 saturated heterocycles. The molecule has 148 valence electrons.